The highest BCUT2D eigenvalue weighted by Crippen LogP contribution is 2.33. The molecule has 2 saturated heterocycles. The summed E-state index contributed by atoms with van der Waals surface area (Å²) in [6, 6.07) is 8.12. The van der Waals surface area contributed by atoms with E-state index in [1.165, 1.54) is 16.0 Å². The number of carbonyl (C=O) groups is 2. The zero-order chi connectivity index (χ0) is 21.1. The largest absolute Gasteiger partial charge is 0.493 e. The van der Waals surface area contributed by atoms with Gasteiger partial charge < -0.3 is 24.7 Å². The fourth-order valence-electron chi connectivity index (χ4n) is 4.48. The second-order valence-corrected chi connectivity index (χ2v) is 8.65. The average Bonchev–Trinajstić information content (AvgIpc) is 2.76. The fourth-order valence-corrected chi connectivity index (χ4v) is 4.48. The maximum Gasteiger partial charge on any atom is 0.407 e. The number of benzene rings is 1. The normalized spacial score (nSPS) is 23.0. The lowest BCUT2D eigenvalue weighted by Crippen LogP contribution is -2.55. The van der Waals surface area contributed by atoms with E-state index in [9.17, 15) is 14.7 Å². The Kier molecular flexibility index (Phi) is 6.27. The zero-order valence-corrected chi connectivity index (χ0v) is 17.2. The number of aliphatic hydroxyl groups excluding tert-OH is 1. The van der Waals surface area contributed by atoms with E-state index in [0.29, 0.717) is 38.7 Å². The van der Waals surface area contributed by atoms with Crippen LogP contribution in [0.15, 0.2) is 30.3 Å². The van der Waals surface area contributed by atoms with Crippen LogP contribution in [-0.4, -0.2) is 70.9 Å². The summed E-state index contributed by atoms with van der Waals surface area (Å²) >= 11 is 0. The molecule has 7 nitrogen and oxygen atoms in total. The molecule has 2 aliphatic heterocycles. The minimum absolute atomic E-state index is 0.0383. The predicted octanol–water partition coefficient (Wildman–Crippen LogP) is 2.84. The molecule has 0 spiro atoms. The van der Waals surface area contributed by atoms with Gasteiger partial charge in [-0.3, -0.25) is 4.79 Å². The maximum absolute atomic E-state index is 12.4. The minimum Gasteiger partial charge on any atom is -0.493 e. The first-order chi connectivity index (χ1) is 14.5. The Bertz CT molecular complexity index is 792. The summed E-state index contributed by atoms with van der Waals surface area (Å²) < 4.78 is 5.93. The van der Waals surface area contributed by atoms with Gasteiger partial charge in [0.05, 0.1) is 12.7 Å². The molecule has 1 unspecified atom stereocenters. The van der Waals surface area contributed by atoms with Crippen molar-refractivity contribution < 1.29 is 24.5 Å². The number of carboxylic acid groups (broad SMARTS) is 1. The molecule has 7 heteroatoms. The van der Waals surface area contributed by atoms with Crippen LogP contribution < -0.4 is 4.74 Å². The lowest BCUT2D eigenvalue weighted by molar-refractivity contribution is -0.145. The third-order valence-corrected chi connectivity index (χ3v) is 6.53. The van der Waals surface area contributed by atoms with Crippen LogP contribution >= 0.6 is 0 Å². The number of allylic oxidation sites excluding steroid dienone is 2. The highest BCUT2D eigenvalue weighted by molar-refractivity contribution is 5.81. The summed E-state index contributed by atoms with van der Waals surface area (Å²) in [6.07, 6.45) is 5.17. The topological polar surface area (TPSA) is 90.3 Å². The second kappa shape index (κ2) is 9.08. The standard InChI is InChI=1S/C23H30N2O5/c26-20-13-25(14-20)22(27)19-3-1-17(2-4-19)18-5-7-21(8-6-18)30-15-16-9-11-24(12-10-16)23(28)29/h1,5-8,16,19-20,26H,2-4,9-15H2,(H,28,29). The van der Waals surface area contributed by atoms with Crippen molar-refractivity contribution in [2.45, 2.75) is 38.2 Å². The number of ether oxygens (including phenoxy) is 1. The zero-order valence-electron chi connectivity index (χ0n) is 17.2. The number of hydrogen-bond acceptors (Lipinski definition) is 4. The Morgan fingerprint density at radius 2 is 1.73 bits per heavy atom. The third kappa shape index (κ3) is 4.78. The summed E-state index contributed by atoms with van der Waals surface area (Å²) in [6.45, 7) is 2.74. The Labute approximate surface area is 176 Å². The highest BCUT2D eigenvalue weighted by Gasteiger charge is 2.33. The van der Waals surface area contributed by atoms with Crippen LogP contribution in [0.5, 0.6) is 5.75 Å². The van der Waals surface area contributed by atoms with Gasteiger partial charge in [-0.25, -0.2) is 4.79 Å². The molecule has 0 aromatic heterocycles. The summed E-state index contributed by atoms with van der Waals surface area (Å²) in [4.78, 5) is 26.6. The number of hydrogen-bond donors (Lipinski definition) is 2. The lowest BCUT2D eigenvalue weighted by atomic mass is 9.85. The Hall–Kier alpha value is -2.54. The number of nitrogens with zero attached hydrogens (tertiary/aromatic N) is 2. The van der Waals surface area contributed by atoms with Crippen molar-refractivity contribution in [3.8, 4) is 5.75 Å². The van der Waals surface area contributed by atoms with Gasteiger partial charge in [0, 0.05) is 32.1 Å². The lowest BCUT2D eigenvalue weighted by Gasteiger charge is -2.38. The summed E-state index contributed by atoms with van der Waals surface area (Å²) in [5.41, 5.74) is 2.44. The quantitative estimate of drug-likeness (QED) is 0.773. The van der Waals surface area contributed by atoms with Gasteiger partial charge in [-0.05, 0) is 61.3 Å². The summed E-state index contributed by atoms with van der Waals surface area (Å²) in [7, 11) is 0. The van der Waals surface area contributed by atoms with Crippen LogP contribution in [0, 0.1) is 11.8 Å². The molecule has 2 N–H and O–H groups in total. The van der Waals surface area contributed by atoms with E-state index in [2.05, 4.69) is 18.2 Å². The Balaban J connectivity index is 1.24. The van der Waals surface area contributed by atoms with E-state index in [0.717, 1.165) is 37.9 Å². The van der Waals surface area contributed by atoms with E-state index < -0.39 is 6.09 Å². The molecule has 3 aliphatic rings. The maximum atomic E-state index is 12.4. The smallest absolute Gasteiger partial charge is 0.407 e. The van der Waals surface area contributed by atoms with Crippen molar-refractivity contribution in [1.29, 1.82) is 0 Å². The number of rotatable bonds is 5. The van der Waals surface area contributed by atoms with Crippen LogP contribution in [0.2, 0.25) is 0 Å². The van der Waals surface area contributed by atoms with Gasteiger partial charge in [0.2, 0.25) is 5.91 Å². The van der Waals surface area contributed by atoms with Crippen molar-refractivity contribution in [2.24, 2.45) is 11.8 Å². The molecule has 0 bridgehead atoms. The van der Waals surface area contributed by atoms with Crippen LogP contribution in [-0.2, 0) is 4.79 Å². The van der Waals surface area contributed by atoms with E-state index in [-0.39, 0.29) is 17.9 Å². The number of carbonyl (C=O) groups excluding carboxylic acids is 1. The molecule has 4 rings (SSSR count). The highest BCUT2D eigenvalue weighted by atomic mass is 16.5. The fraction of sp³-hybridized carbons (Fsp3) is 0.565. The molecule has 2 amide bonds. The monoisotopic (exact) mass is 414 g/mol. The van der Waals surface area contributed by atoms with Gasteiger partial charge in [0.25, 0.3) is 0 Å². The van der Waals surface area contributed by atoms with Gasteiger partial charge in [-0.15, -0.1) is 0 Å². The Morgan fingerprint density at radius 3 is 2.30 bits per heavy atom. The SMILES string of the molecule is O=C(O)N1CCC(COc2ccc(C3=CCC(C(=O)N4CC(O)C4)CC3)cc2)CC1. The summed E-state index contributed by atoms with van der Waals surface area (Å²) in [5.74, 6) is 1.44. The van der Waals surface area contributed by atoms with Crippen molar-refractivity contribution in [2.75, 3.05) is 32.8 Å². The van der Waals surface area contributed by atoms with E-state index in [1.807, 2.05) is 12.1 Å². The number of piperidine rings is 1. The molecule has 1 aromatic carbocycles. The molecular formula is C23H30N2O5. The van der Waals surface area contributed by atoms with Gasteiger partial charge in [-0.2, -0.15) is 0 Å². The number of amides is 2. The first-order valence-corrected chi connectivity index (χ1v) is 10.9. The number of β-amino-alcohol motifs (C(OH)–C–C–N with tert-alkyl or cyclic N) is 1. The van der Waals surface area contributed by atoms with Gasteiger partial charge in [-0.1, -0.05) is 18.2 Å². The van der Waals surface area contributed by atoms with Gasteiger partial charge >= 0.3 is 6.09 Å². The van der Waals surface area contributed by atoms with Crippen LogP contribution in [0.25, 0.3) is 5.57 Å². The molecule has 2 fully saturated rings. The van der Waals surface area contributed by atoms with Crippen LogP contribution in [0.4, 0.5) is 4.79 Å². The molecule has 162 valence electrons. The first kappa shape index (κ1) is 20.7. The minimum atomic E-state index is -0.836. The molecule has 30 heavy (non-hydrogen) atoms. The Morgan fingerprint density at radius 1 is 1.03 bits per heavy atom. The first-order valence-electron chi connectivity index (χ1n) is 10.9. The summed E-state index contributed by atoms with van der Waals surface area (Å²) in [5, 5.41) is 18.4. The van der Waals surface area contributed by atoms with Crippen molar-refractivity contribution in [3.05, 3.63) is 35.9 Å². The van der Waals surface area contributed by atoms with E-state index in [4.69, 9.17) is 9.84 Å². The molecular weight excluding hydrogens is 384 g/mol. The predicted molar refractivity (Wildman–Crippen MR) is 112 cm³/mol. The van der Waals surface area contributed by atoms with Gasteiger partial charge in [0.15, 0.2) is 0 Å². The van der Waals surface area contributed by atoms with E-state index in [1.54, 1.807) is 4.90 Å². The second-order valence-electron chi connectivity index (χ2n) is 8.65. The van der Waals surface area contributed by atoms with Gasteiger partial charge in [0.1, 0.15) is 5.75 Å². The molecule has 0 radical (unpaired) electrons. The molecule has 0 saturated carbocycles. The molecule has 1 aromatic rings. The van der Waals surface area contributed by atoms with Crippen molar-refractivity contribution in [1.82, 2.24) is 9.80 Å². The number of aliphatic hydroxyl groups is 1. The van der Waals surface area contributed by atoms with E-state index >= 15 is 0 Å². The van der Waals surface area contributed by atoms with Crippen molar-refractivity contribution >= 4 is 17.6 Å². The molecule has 1 aliphatic carbocycles. The molecule has 2 heterocycles. The molecule has 1 atom stereocenters. The average molecular weight is 415 g/mol. The van der Waals surface area contributed by atoms with Crippen LogP contribution in [0.3, 0.4) is 0 Å². The van der Waals surface area contributed by atoms with Crippen LogP contribution in [0.1, 0.15) is 37.7 Å². The third-order valence-electron chi connectivity index (χ3n) is 6.53. The number of likely N-dealkylation sites (tertiary alicyclic amines) is 2. The van der Waals surface area contributed by atoms with Crippen molar-refractivity contribution in [3.63, 3.8) is 0 Å².